The molecule has 0 amide bonds. The number of alkyl halides is 3. The van der Waals surface area contributed by atoms with Gasteiger partial charge in [-0.3, -0.25) is 0 Å². The molecule has 1 fully saturated rings. The number of morpholine rings is 1. The fourth-order valence-electron chi connectivity index (χ4n) is 1.60. The van der Waals surface area contributed by atoms with Crippen LogP contribution >= 0.6 is 0 Å². The Labute approximate surface area is 92.8 Å². The lowest BCUT2D eigenvalue weighted by molar-refractivity contribution is -0.137. The van der Waals surface area contributed by atoms with E-state index in [1.807, 2.05) is 0 Å². The summed E-state index contributed by atoms with van der Waals surface area (Å²) in [4.78, 5) is 0. The summed E-state index contributed by atoms with van der Waals surface area (Å²) in [5.74, 6) is 0. The van der Waals surface area contributed by atoms with E-state index in [2.05, 4.69) is 5.32 Å². The van der Waals surface area contributed by atoms with Crippen molar-refractivity contribution in [1.29, 1.82) is 0 Å². The van der Waals surface area contributed by atoms with Crippen molar-refractivity contribution in [2.45, 2.75) is 12.2 Å². The van der Waals surface area contributed by atoms with Crippen LogP contribution in [0.1, 0.15) is 18.5 Å². The SMILES string of the molecule is [2H]c1cc(C(F)(F)F)ccc1C1COCCN1. The highest BCUT2D eigenvalue weighted by Gasteiger charge is 2.30. The van der Waals surface area contributed by atoms with Crippen molar-refractivity contribution in [1.82, 2.24) is 5.32 Å². The monoisotopic (exact) mass is 232 g/mol. The molecule has 0 aliphatic carbocycles. The van der Waals surface area contributed by atoms with Crippen LogP contribution in [0.2, 0.25) is 0 Å². The summed E-state index contributed by atoms with van der Waals surface area (Å²) in [5.41, 5.74) is -0.249. The Morgan fingerprint density at radius 3 is 2.75 bits per heavy atom. The lowest BCUT2D eigenvalue weighted by Crippen LogP contribution is -2.34. The molecular formula is C11H12F3NO. The van der Waals surface area contributed by atoms with E-state index in [0.29, 0.717) is 25.3 Å². The lowest BCUT2D eigenvalue weighted by atomic mass is 10.0. The van der Waals surface area contributed by atoms with Crippen LogP contribution in [-0.2, 0) is 10.9 Å². The van der Waals surface area contributed by atoms with Gasteiger partial charge < -0.3 is 10.1 Å². The third-order valence-electron chi connectivity index (χ3n) is 2.46. The smallest absolute Gasteiger partial charge is 0.378 e. The zero-order valence-corrected chi connectivity index (χ0v) is 8.47. The molecule has 1 N–H and O–H groups in total. The van der Waals surface area contributed by atoms with Gasteiger partial charge in [0.1, 0.15) is 0 Å². The van der Waals surface area contributed by atoms with E-state index in [0.717, 1.165) is 12.1 Å². The van der Waals surface area contributed by atoms with Crippen LogP contribution in [0.15, 0.2) is 24.2 Å². The molecule has 1 aliphatic rings. The fourth-order valence-corrected chi connectivity index (χ4v) is 1.60. The van der Waals surface area contributed by atoms with Crippen LogP contribution in [0.25, 0.3) is 0 Å². The van der Waals surface area contributed by atoms with E-state index in [1.54, 1.807) is 0 Å². The first kappa shape index (κ1) is 10.1. The largest absolute Gasteiger partial charge is 0.416 e. The Morgan fingerprint density at radius 1 is 1.38 bits per heavy atom. The first-order valence-corrected chi connectivity index (χ1v) is 4.97. The predicted octanol–water partition coefficient (Wildman–Crippen LogP) is 2.37. The highest BCUT2D eigenvalue weighted by atomic mass is 19.4. The van der Waals surface area contributed by atoms with Crippen molar-refractivity contribution in [3.8, 4) is 0 Å². The van der Waals surface area contributed by atoms with Crippen molar-refractivity contribution in [2.75, 3.05) is 19.8 Å². The van der Waals surface area contributed by atoms with Gasteiger partial charge >= 0.3 is 6.18 Å². The van der Waals surface area contributed by atoms with Crippen LogP contribution in [0.3, 0.4) is 0 Å². The Balaban J connectivity index is 2.25. The molecule has 0 spiro atoms. The van der Waals surface area contributed by atoms with E-state index in [-0.39, 0.29) is 12.1 Å². The van der Waals surface area contributed by atoms with Gasteiger partial charge in [0.05, 0.1) is 26.2 Å². The molecule has 1 aliphatic heterocycles. The molecule has 1 heterocycles. The highest BCUT2D eigenvalue weighted by Crippen LogP contribution is 2.30. The number of hydrogen-bond donors (Lipinski definition) is 1. The molecule has 1 aromatic rings. The summed E-state index contributed by atoms with van der Waals surface area (Å²) in [5, 5.41) is 3.11. The van der Waals surface area contributed by atoms with Crippen LogP contribution in [-0.4, -0.2) is 19.8 Å². The molecule has 0 aromatic heterocycles. The summed E-state index contributed by atoms with van der Waals surface area (Å²) in [6.45, 7) is 1.62. The van der Waals surface area contributed by atoms with Gasteiger partial charge in [-0.25, -0.2) is 0 Å². The molecule has 1 saturated heterocycles. The molecule has 5 heteroatoms. The predicted molar refractivity (Wildman–Crippen MR) is 53.0 cm³/mol. The van der Waals surface area contributed by atoms with Gasteiger partial charge in [0.2, 0.25) is 0 Å². The minimum Gasteiger partial charge on any atom is -0.378 e. The molecule has 88 valence electrons. The lowest BCUT2D eigenvalue weighted by Gasteiger charge is -2.24. The molecule has 0 saturated carbocycles. The van der Waals surface area contributed by atoms with Gasteiger partial charge in [0.25, 0.3) is 0 Å². The maximum absolute atomic E-state index is 12.4. The topological polar surface area (TPSA) is 21.3 Å². The first-order chi connectivity index (χ1) is 7.98. The summed E-state index contributed by atoms with van der Waals surface area (Å²) < 4.78 is 50.1. The molecule has 0 radical (unpaired) electrons. The van der Waals surface area contributed by atoms with E-state index in [1.165, 1.54) is 6.07 Å². The van der Waals surface area contributed by atoms with Gasteiger partial charge in [0.15, 0.2) is 0 Å². The third kappa shape index (κ3) is 2.54. The first-order valence-electron chi connectivity index (χ1n) is 5.47. The molecule has 1 unspecified atom stereocenters. The number of hydrogen-bond acceptors (Lipinski definition) is 2. The molecule has 1 atom stereocenters. The number of halogens is 3. The Bertz CT molecular complexity index is 402. The molecular weight excluding hydrogens is 219 g/mol. The van der Waals surface area contributed by atoms with Gasteiger partial charge in [-0.15, -0.1) is 0 Å². The van der Waals surface area contributed by atoms with Crippen LogP contribution in [0.4, 0.5) is 13.2 Å². The average Bonchev–Trinajstić information content (AvgIpc) is 2.29. The van der Waals surface area contributed by atoms with Gasteiger partial charge in [-0.2, -0.15) is 13.2 Å². The molecule has 1 aromatic carbocycles. The molecule has 0 bridgehead atoms. The minimum absolute atomic E-state index is 0.108. The maximum Gasteiger partial charge on any atom is 0.416 e. The average molecular weight is 232 g/mol. The van der Waals surface area contributed by atoms with E-state index in [9.17, 15) is 13.2 Å². The quantitative estimate of drug-likeness (QED) is 0.802. The van der Waals surface area contributed by atoms with Gasteiger partial charge in [-0.1, -0.05) is 12.1 Å². The van der Waals surface area contributed by atoms with Gasteiger partial charge in [-0.05, 0) is 17.7 Å². The standard InChI is InChI=1S/C11H12F3NO/c12-11(13,14)9-3-1-8(2-4-9)10-7-16-6-5-15-10/h1-4,10,15H,5-7H2/i1D. The van der Waals surface area contributed by atoms with Crippen LogP contribution < -0.4 is 5.32 Å². The van der Waals surface area contributed by atoms with Crippen molar-refractivity contribution in [2.24, 2.45) is 0 Å². The Hall–Kier alpha value is -1.07. The third-order valence-corrected chi connectivity index (χ3v) is 2.46. The summed E-state index contributed by atoms with van der Waals surface area (Å²) >= 11 is 0. The van der Waals surface area contributed by atoms with E-state index in [4.69, 9.17) is 6.11 Å². The zero-order chi connectivity index (χ0) is 12.5. The van der Waals surface area contributed by atoms with Crippen LogP contribution in [0, 0.1) is 0 Å². The van der Waals surface area contributed by atoms with E-state index >= 15 is 0 Å². The van der Waals surface area contributed by atoms with Crippen LogP contribution in [0.5, 0.6) is 0 Å². The van der Waals surface area contributed by atoms with Crippen molar-refractivity contribution < 1.29 is 19.3 Å². The number of ether oxygens (including phenoxy) is 1. The molecule has 16 heavy (non-hydrogen) atoms. The Morgan fingerprint density at radius 2 is 2.19 bits per heavy atom. The number of benzene rings is 1. The molecule has 2 rings (SSSR count). The van der Waals surface area contributed by atoms with Gasteiger partial charge in [0, 0.05) is 6.54 Å². The summed E-state index contributed by atoms with van der Waals surface area (Å²) in [7, 11) is 0. The number of nitrogens with one attached hydrogen (secondary N) is 1. The second-order valence-electron chi connectivity index (χ2n) is 3.61. The minimum atomic E-state index is -4.40. The van der Waals surface area contributed by atoms with Crippen molar-refractivity contribution in [3.63, 3.8) is 0 Å². The number of rotatable bonds is 1. The highest BCUT2D eigenvalue weighted by molar-refractivity contribution is 5.27. The second-order valence-corrected chi connectivity index (χ2v) is 3.61. The Kier molecular flexibility index (Phi) is 2.80. The van der Waals surface area contributed by atoms with Crippen molar-refractivity contribution >= 4 is 0 Å². The second kappa shape index (κ2) is 4.43. The van der Waals surface area contributed by atoms with Crippen molar-refractivity contribution in [3.05, 3.63) is 35.4 Å². The summed E-state index contributed by atoms with van der Waals surface area (Å²) in [6, 6.07) is 2.90. The zero-order valence-electron chi connectivity index (χ0n) is 9.47. The normalized spacial score (nSPS) is 22.9. The fraction of sp³-hybridized carbons (Fsp3) is 0.455. The molecule has 2 nitrogen and oxygen atoms in total. The summed E-state index contributed by atoms with van der Waals surface area (Å²) in [6.07, 6.45) is -4.40. The van der Waals surface area contributed by atoms with E-state index < -0.39 is 11.7 Å². The maximum atomic E-state index is 12.4.